The molecule has 1 aromatic heterocycles. The van der Waals surface area contributed by atoms with E-state index in [0.29, 0.717) is 10.6 Å². The molecule has 1 heterocycles. The Morgan fingerprint density at radius 2 is 1.85 bits per heavy atom. The number of hydrogen-bond acceptors (Lipinski definition) is 6. The van der Waals surface area contributed by atoms with Crippen molar-refractivity contribution in [3.63, 3.8) is 0 Å². The summed E-state index contributed by atoms with van der Waals surface area (Å²) in [5.41, 5.74) is 6.32. The van der Waals surface area contributed by atoms with E-state index in [1.165, 1.54) is 24.5 Å². The molecule has 2 rings (SSSR count). The van der Waals surface area contributed by atoms with Crippen LogP contribution in [0.15, 0.2) is 59.6 Å². The van der Waals surface area contributed by atoms with Gasteiger partial charge in [-0.15, -0.1) is 0 Å². The van der Waals surface area contributed by atoms with E-state index in [1.807, 2.05) is 6.92 Å². The molecular formula is C24H27Cl2N3O4. The lowest BCUT2D eigenvalue weighted by Crippen LogP contribution is -2.27. The van der Waals surface area contributed by atoms with Crippen molar-refractivity contribution in [3.05, 3.63) is 81.3 Å². The fourth-order valence-electron chi connectivity index (χ4n) is 2.69. The number of carbonyl (C=O) groups excluding carboxylic acids is 2. The summed E-state index contributed by atoms with van der Waals surface area (Å²) in [5, 5.41) is 3.58. The van der Waals surface area contributed by atoms with Crippen molar-refractivity contribution >= 4 is 35.1 Å². The van der Waals surface area contributed by atoms with Crippen LogP contribution in [0.4, 0.5) is 0 Å². The largest absolute Gasteiger partial charge is 0.456 e. The van der Waals surface area contributed by atoms with Crippen LogP contribution in [0, 0.1) is 0 Å². The minimum absolute atomic E-state index is 0.0234. The Labute approximate surface area is 203 Å². The highest BCUT2D eigenvalue weighted by Crippen LogP contribution is 2.24. The summed E-state index contributed by atoms with van der Waals surface area (Å²) in [5.74, 6) is -0.624. The van der Waals surface area contributed by atoms with Crippen molar-refractivity contribution in [2.45, 2.75) is 46.3 Å². The van der Waals surface area contributed by atoms with Gasteiger partial charge < -0.3 is 20.5 Å². The molecule has 0 aliphatic heterocycles. The number of nitrogens with two attached hydrogens (primary N) is 1. The second-order valence-electron chi connectivity index (χ2n) is 8.23. The third-order valence-electron chi connectivity index (χ3n) is 4.18. The zero-order valence-corrected chi connectivity index (χ0v) is 20.6. The molecule has 176 valence electrons. The molecule has 1 amide bonds. The number of ether oxygens (including phenoxy) is 2. The van der Waals surface area contributed by atoms with Crippen LogP contribution in [0.1, 0.15) is 66.9 Å². The number of nitrogens with one attached hydrogen (secondary N) is 1. The van der Waals surface area contributed by atoms with Gasteiger partial charge >= 0.3 is 5.97 Å². The molecule has 2 aromatic rings. The van der Waals surface area contributed by atoms with Crippen LogP contribution in [0.5, 0.6) is 5.88 Å². The first kappa shape index (κ1) is 26.2. The second-order valence-corrected chi connectivity index (χ2v) is 9.26. The summed E-state index contributed by atoms with van der Waals surface area (Å²) in [4.78, 5) is 29.3. The molecule has 0 fully saturated rings. The van der Waals surface area contributed by atoms with E-state index in [2.05, 4.69) is 10.3 Å². The number of esters is 1. The zero-order valence-electron chi connectivity index (χ0n) is 19.1. The molecule has 7 nitrogen and oxygen atoms in total. The van der Waals surface area contributed by atoms with Gasteiger partial charge in [0.25, 0.3) is 5.91 Å². The highest BCUT2D eigenvalue weighted by Gasteiger charge is 2.20. The minimum atomic E-state index is -0.584. The Kier molecular flexibility index (Phi) is 8.91. The van der Waals surface area contributed by atoms with E-state index < -0.39 is 17.5 Å². The lowest BCUT2D eigenvalue weighted by atomic mass is 10.1. The number of pyridine rings is 1. The molecule has 1 atom stereocenters. The average molecular weight is 492 g/mol. The molecule has 0 aliphatic rings. The van der Waals surface area contributed by atoms with Crippen LogP contribution in [0.2, 0.25) is 5.02 Å². The summed E-state index contributed by atoms with van der Waals surface area (Å²) in [6.45, 7) is 8.88. The minimum Gasteiger partial charge on any atom is -0.456 e. The van der Waals surface area contributed by atoms with Crippen LogP contribution in [0.3, 0.4) is 0 Å². The predicted octanol–water partition coefficient (Wildman–Crippen LogP) is 5.50. The molecule has 0 saturated carbocycles. The highest BCUT2D eigenvalue weighted by molar-refractivity contribution is 6.31. The number of allylic oxidation sites excluding steroid dienone is 2. The topological polar surface area (TPSA) is 104 Å². The Morgan fingerprint density at radius 3 is 2.39 bits per heavy atom. The van der Waals surface area contributed by atoms with Crippen molar-refractivity contribution in [1.82, 2.24) is 10.3 Å². The van der Waals surface area contributed by atoms with E-state index in [1.54, 1.807) is 52.0 Å². The molecule has 3 N–H and O–H groups in total. The van der Waals surface area contributed by atoms with Gasteiger partial charge in [-0.05, 0) is 64.5 Å². The van der Waals surface area contributed by atoms with Crippen molar-refractivity contribution in [3.8, 4) is 5.88 Å². The molecule has 0 spiro atoms. The zero-order chi connectivity index (χ0) is 24.8. The lowest BCUT2D eigenvalue weighted by Gasteiger charge is -2.20. The fraction of sp³-hybridized carbons (Fsp3) is 0.292. The van der Waals surface area contributed by atoms with Crippen molar-refractivity contribution in [2.75, 3.05) is 0 Å². The monoisotopic (exact) mass is 491 g/mol. The van der Waals surface area contributed by atoms with Gasteiger partial charge in [-0.2, -0.15) is 0 Å². The van der Waals surface area contributed by atoms with E-state index in [-0.39, 0.29) is 28.3 Å². The molecular weight excluding hydrogens is 465 g/mol. The summed E-state index contributed by atoms with van der Waals surface area (Å²) >= 11 is 11.9. The van der Waals surface area contributed by atoms with Gasteiger partial charge in [0.15, 0.2) is 0 Å². The third-order valence-corrected chi connectivity index (χ3v) is 4.49. The van der Waals surface area contributed by atoms with E-state index in [9.17, 15) is 9.59 Å². The van der Waals surface area contributed by atoms with Crippen molar-refractivity contribution in [2.24, 2.45) is 5.73 Å². The van der Waals surface area contributed by atoms with E-state index in [4.69, 9.17) is 38.4 Å². The number of carbonyl (C=O) groups is 2. The SMILES string of the molecule is C/C(Cl)=C\C(=C/N)Oc1ncc(Cl)cc1C(=O)NC(C)c1ccc(C(=O)OC(C)(C)C)cc1. The van der Waals surface area contributed by atoms with E-state index in [0.717, 1.165) is 5.56 Å². The van der Waals surface area contributed by atoms with Crippen molar-refractivity contribution in [1.29, 1.82) is 0 Å². The molecule has 1 unspecified atom stereocenters. The smallest absolute Gasteiger partial charge is 0.338 e. The van der Waals surface area contributed by atoms with Gasteiger partial charge in [0.05, 0.1) is 16.6 Å². The van der Waals surface area contributed by atoms with Gasteiger partial charge in [-0.3, -0.25) is 4.79 Å². The van der Waals surface area contributed by atoms with Crippen LogP contribution in [-0.2, 0) is 4.74 Å². The van der Waals surface area contributed by atoms with Crippen molar-refractivity contribution < 1.29 is 19.1 Å². The quantitative estimate of drug-likeness (QED) is 0.301. The number of amides is 1. The summed E-state index contributed by atoms with van der Waals surface area (Å²) in [6.07, 6.45) is 4.06. The number of benzene rings is 1. The first-order valence-electron chi connectivity index (χ1n) is 10.1. The van der Waals surface area contributed by atoms with Crippen LogP contribution in [0.25, 0.3) is 0 Å². The van der Waals surface area contributed by atoms with E-state index >= 15 is 0 Å². The van der Waals surface area contributed by atoms with Gasteiger partial charge in [0, 0.05) is 17.4 Å². The Bertz CT molecular complexity index is 1070. The van der Waals surface area contributed by atoms with Gasteiger partial charge in [-0.1, -0.05) is 35.3 Å². The summed E-state index contributed by atoms with van der Waals surface area (Å²) in [6, 6.07) is 7.87. The Hall–Kier alpha value is -3.03. The Balaban J connectivity index is 2.18. The number of rotatable bonds is 7. The standard InChI is InChI=1S/C24H27Cl2N3O4/c1-14(25)10-19(12-27)32-22-20(11-18(26)13-28-22)21(30)29-15(2)16-6-8-17(9-7-16)23(31)33-24(3,4)5/h6-13,15H,27H2,1-5H3,(H,29,30)/b14-10+,19-12+. The molecule has 0 aliphatic carbocycles. The molecule has 9 heteroatoms. The van der Waals surface area contributed by atoms with Crippen LogP contribution < -0.4 is 15.8 Å². The molecule has 0 saturated heterocycles. The lowest BCUT2D eigenvalue weighted by molar-refractivity contribution is 0.00693. The normalized spacial score (nSPS) is 13.3. The number of nitrogens with zero attached hydrogens (tertiary/aromatic N) is 1. The maximum atomic E-state index is 13.0. The summed E-state index contributed by atoms with van der Waals surface area (Å²) < 4.78 is 11.0. The molecule has 0 radical (unpaired) electrons. The first-order valence-corrected chi connectivity index (χ1v) is 10.9. The maximum Gasteiger partial charge on any atom is 0.338 e. The fourth-order valence-corrected chi connectivity index (χ4v) is 2.96. The predicted molar refractivity (Wildman–Crippen MR) is 129 cm³/mol. The summed E-state index contributed by atoms with van der Waals surface area (Å²) in [7, 11) is 0. The van der Waals surface area contributed by atoms with Gasteiger partial charge in [0.1, 0.15) is 16.9 Å². The maximum absolute atomic E-state index is 13.0. The molecule has 0 bridgehead atoms. The third kappa shape index (κ3) is 8.11. The molecule has 1 aromatic carbocycles. The van der Waals surface area contributed by atoms with Gasteiger partial charge in [-0.25, -0.2) is 9.78 Å². The number of halogens is 2. The highest BCUT2D eigenvalue weighted by atomic mass is 35.5. The number of hydrogen-bond donors (Lipinski definition) is 2. The Morgan fingerprint density at radius 1 is 1.21 bits per heavy atom. The van der Waals surface area contributed by atoms with Crippen LogP contribution in [-0.4, -0.2) is 22.5 Å². The van der Waals surface area contributed by atoms with Crippen LogP contribution >= 0.6 is 23.2 Å². The first-order chi connectivity index (χ1) is 15.4. The number of aromatic nitrogens is 1. The second kappa shape index (κ2) is 11.2. The average Bonchev–Trinajstić information content (AvgIpc) is 2.72. The molecule has 33 heavy (non-hydrogen) atoms. The van der Waals surface area contributed by atoms with Gasteiger partial charge in [0.2, 0.25) is 5.88 Å².